The van der Waals surface area contributed by atoms with E-state index in [9.17, 15) is 4.39 Å². The minimum absolute atomic E-state index is 0.0803. The Balaban J connectivity index is 1.50. The third kappa shape index (κ3) is 6.22. The second-order valence-electron chi connectivity index (χ2n) is 7.62. The predicted octanol–water partition coefficient (Wildman–Crippen LogP) is 7.56. The molecule has 1 heterocycles. The fourth-order valence-corrected chi connectivity index (χ4v) is 5.64. The molecule has 1 aliphatic rings. The van der Waals surface area contributed by atoms with Crippen LogP contribution in [0.2, 0.25) is 10.0 Å². The Morgan fingerprint density at radius 3 is 2.91 bits per heavy atom. The number of anilines is 1. The van der Waals surface area contributed by atoms with E-state index in [2.05, 4.69) is 34.1 Å². The number of aromatic nitrogens is 1. The van der Waals surface area contributed by atoms with Crippen LogP contribution >= 0.6 is 46.5 Å². The van der Waals surface area contributed by atoms with Crippen molar-refractivity contribution in [2.75, 3.05) is 17.9 Å². The lowest BCUT2D eigenvalue weighted by molar-refractivity contribution is 0.236. The Bertz CT molecular complexity index is 1110. The van der Waals surface area contributed by atoms with Gasteiger partial charge >= 0.3 is 0 Å². The average Bonchev–Trinajstić information content (AvgIpc) is 3.33. The van der Waals surface area contributed by atoms with Crippen LogP contribution in [0.5, 0.6) is 5.75 Å². The third-order valence-corrected chi connectivity index (χ3v) is 7.41. The Labute approximate surface area is 211 Å². The normalized spacial score (nSPS) is 18.1. The van der Waals surface area contributed by atoms with E-state index < -0.39 is 5.82 Å². The SMILES string of the molecule is CCNC1CCC=C(c2cccc(Cl)c2)C1COc1cc(F)c(SNc2cscn2)cc1Cl. The molecule has 0 saturated heterocycles. The molecule has 2 N–H and O–H groups in total. The molecule has 1 aliphatic carbocycles. The van der Waals surface area contributed by atoms with Crippen molar-refractivity contribution < 1.29 is 9.13 Å². The van der Waals surface area contributed by atoms with Gasteiger partial charge in [-0.25, -0.2) is 9.37 Å². The summed E-state index contributed by atoms with van der Waals surface area (Å²) in [7, 11) is 0. The quantitative estimate of drug-likeness (QED) is 0.283. The summed E-state index contributed by atoms with van der Waals surface area (Å²) in [6.07, 6.45) is 4.23. The highest BCUT2D eigenvalue weighted by molar-refractivity contribution is 8.00. The van der Waals surface area contributed by atoms with Crippen LogP contribution < -0.4 is 14.8 Å². The van der Waals surface area contributed by atoms with Gasteiger partial charge in [-0.1, -0.05) is 48.3 Å². The number of ether oxygens (including phenoxy) is 1. The Kier molecular flexibility index (Phi) is 8.55. The highest BCUT2D eigenvalue weighted by atomic mass is 35.5. The molecule has 4 nitrogen and oxygen atoms in total. The van der Waals surface area contributed by atoms with Crippen LogP contribution in [0.1, 0.15) is 25.3 Å². The molecule has 0 amide bonds. The van der Waals surface area contributed by atoms with Gasteiger partial charge < -0.3 is 14.8 Å². The zero-order chi connectivity index (χ0) is 23.2. The van der Waals surface area contributed by atoms with E-state index >= 15 is 0 Å². The number of halogens is 3. The van der Waals surface area contributed by atoms with Crippen molar-refractivity contribution in [3.8, 4) is 5.75 Å². The first-order chi connectivity index (χ1) is 16.0. The summed E-state index contributed by atoms with van der Waals surface area (Å²) in [5, 5.41) is 6.48. The van der Waals surface area contributed by atoms with Gasteiger partial charge in [0.25, 0.3) is 0 Å². The van der Waals surface area contributed by atoms with E-state index in [-0.39, 0.29) is 12.0 Å². The molecule has 0 saturated carbocycles. The minimum Gasteiger partial charge on any atom is -0.491 e. The first kappa shape index (κ1) is 24.4. The number of hydrogen-bond donors (Lipinski definition) is 2. The average molecular weight is 525 g/mol. The zero-order valence-corrected chi connectivity index (χ0v) is 21.1. The van der Waals surface area contributed by atoms with Gasteiger partial charge in [0.1, 0.15) is 17.4 Å². The van der Waals surface area contributed by atoms with E-state index in [1.54, 1.807) is 11.6 Å². The van der Waals surface area contributed by atoms with Crippen LogP contribution in [-0.4, -0.2) is 24.2 Å². The van der Waals surface area contributed by atoms with E-state index in [4.69, 9.17) is 27.9 Å². The molecule has 0 bridgehead atoms. The highest BCUT2D eigenvalue weighted by Crippen LogP contribution is 2.37. The molecule has 174 valence electrons. The molecule has 2 atom stereocenters. The van der Waals surface area contributed by atoms with Crippen LogP contribution in [0.4, 0.5) is 10.2 Å². The summed E-state index contributed by atoms with van der Waals surface area (Å²) >= 11 is 15.3. The molecule has 33 heavy (non-hydrogen) atoms. The lowest BCUT2D eigenvalue weighted by atomic mass is 9.80. The first-order valence-corrected chi connectivity index (χ1v) is 13.2. The molecule has 0 spiro atoms. The summed E-state index contributed by atoms with van der Waals surface area (Å²) in [6.45, 7) is 3.33. The van der Waals surface area contributed by atoms with Crippen molar-refractivity contribution in [1.82, 2.24) is 10.3 Å². The van der Waals surface area contributed by atoms with E-state index in [0.717, 1.165) is 36.9 Å². The summed E-state index contributed by atoms with van der Waals surface area (Å²) in [4.78, 5) is 4.51. The van der Waals surface area contributed by atoms with Gasteiger partial charge in [-0.3, -0.25) is 0 Å². The Hall–Kier alpha value is -1.77. The number of benzene rings is 2. The van der Waals surface area contributed by atoms with Crippen LogP contribution in [0.15, 0.2) is 58.3 Å². The zero-order valence-electron chi connectivity index (χ0n) is 18.0. The smallest absolute Gasteiger partial charge is 0.147 e. The van der Waals surface area contributed by atoms with E-state index in [1.165, 1.54) is 23.0 Å². The van der Waals surface area contributed by atoms with Crippen molar-refractivity contribution in [3.05, 3.63) is 74.8 Å². The van der Waals surface area contributed by atoms with Gasteiger partial charge in [-0.15, -0.1) is 11.3 Å². The predicted molar refractivity (Wildman–Crippen MR) is 138 cm³/mol. The molecule has 0 radical (unpaired) electrons. The Morgan fingerprint density at radius 2 is 2.15 bits per heavy atom. The topological polar surface area (TPSA) is 46.2 Å². The summed E-state index contributed by atoms with van der Waals surface area (Å²) in [5.74, 6) is 0.683. The third-order valence-electron chi connectivity index (χ3n) is 5.45. The first-order valence-electron chi connectivity index (χ1n) is 10.7. The molecular formula is C24H24Cl2FN3OS2. The fraction of sp³-hybridized carbons (Fsp3) is 0.292. The van der Waals surface area contributed by atoms with Gasteiger partial charge in [0, 0.05) is 28.4 Å². The van der Waals surface area contributed by atoms with Crippen molar-refractivity contribution >= 4 is 57.9 Å². The maximum Gasteiger partial charge on any atom is 0.147 e. The minimum atomic E-state index is -0.403. The van der Waals surface area contributed by atoms with Gasteiger partial charge in [-0.2, -0.15) is 0 Å². The molecule has 0 fully saturated rings. The molecule has 2 aromatic carbocycles. The lowest BCUT2D eigenvalue weighted by Crippen LogP contribution is -2.41. The fourth-order valence-electron chi connectivity index (χ4n) is 3.95. The number of rotatable bonds is 9. The van der Waals surface area contributed by atoms with Gasteiger partial charge in [-0.05, 0) is 60.7 Å². The maximum absolute atomic E-state index is 14.8. The summed E-state index contributed by atoms with van der Waals surface area (Å²) in [5.41, 5.74) is 3.98. The van der Waals surface area contributed by atoms with Crippen LogP contribution in [-0.2, 0) is 0 Å². The van der Waals surface area contributed by atoms with Crippen molar-refractivity contribution in [2.24, 2.45) is 5.92 Å². The van der Waals surface area contributed by atoms with Crippen LogP contribution in [0, 0.1) is 11.7 Å². The second kappa shape index (κ2) is 11.6. The number of nitrogens with one attached hydrogen (secondary N) is 2. The lowest BCUT2D eigenvalue weighted by Gasteiger charge is -2.33. The van der Waals surface area contributed by atoms with Gasteiger partial charge in [0.15, 0.2) is 0 Å². The molecule has 9 heteroatoms. The van der Waals surface area contributed by atoms with E-state index in [0.29, 0.717) is 33.1 Å². The van der Waals surface area contributed by atoms with Gasteiger partial charge in [0.2, 0.25) is 0 Å². The standard InChI is InChI=1S/C24H24Cl2FN3OS2/c1-2-28-21-8-4-7-17(15-5-3-6-16(25)9-15)18(21)12-31-22-11-20(27)23(10-19(22)26)33-30-24-13-32-14-29-24/h3,5-7,9-11,13-14,18,21,28,30H,2,4,8,12H2,1H3. The van der Waals surface area contributed by atoms with Crippen LogP contribution in [0.3, 0.4) is 0 Å². The van der Waals surface area contributed by atoms with Crippen molar-refractivity contribution in [2.45, 2.75) is 30.7 Å². The summed E-state index contributed by atoms with van der Waals surface area (Å²) in [6, 6.07) is 11.0. The summed E-state index contributed by atoms with van der Waals surface area (Å²) < 4.78 is 23.9. The number of allylic oxidation sites excluding steroid dienone is 1. The second-order valence-corrected chi connectivity index (χ2v) is 10.0. The van der Waals surface area contributed by atoms with Gasteiger partial charge in [0.05, 0.1) is 22.0 Å². The Morgan fingerprint density at radius 1 is 1.27 bits per heavy atom. The molecule has 3 aromatic rings. The van der Waals surface area contributed by atoms with E-state index in [1.807, 2.05) is 23.6 Å². The van der Waals surface area contributed by atoms with Crippen LogP contribution in [0.25, 0.3) is 5.57 Å². The largest absolute Gasteiger partial charge is 0.491 e. The number of thiazole rings is 1. The number of nitrogens with zero attached hydrogens (tertiary/aromatic N) is 1. The highest BCUT2D eigenvalue weighted by Gasteiger charge is 2.29. The molecule has 0 aliphatic heterocycles. The van der Waals surface area contributed by atoms with Crippen molar-refractivity contribution in [1.29, 1.82) is 0 Å². The molecule has 4 rings (SSSR count). The molecule has 2 unspecified atom stereocenters. The van der Waals surface area contributed by atoms with Crippen molar-refractivity contribution in [3.63, 3.8) is 0 Å². The molecular weight excluding hydrogens is 500 g/mol. The maximum atomic E-state index is 14.8. The monoisotopic (exact) mass is 523 g/mol. The molecule has 1 aromatic heterocycles. The number of hydrogen-bond acceptors (Lipinski definition) is 6.